The Labute approximate surface area is 140 Å². The highest BCUT2D eigenvalue weighted by Crippen LogP contribution is 2.10. The Morgan fingerprint density at radius 2 is 1.52 bits per heavy atom. The summed E-state index contributed by atoms with van der Waals surface area (Å²) in [6.45, 7) is 4.46. The first-order valence-corrected chi connectivity index (χ1v) is 8.75. The highest BCUT2D eigenvalue weighted by molar-refractivity contribution is 5.88. The SMILES string of the molecule is CCCCCCCCCNC(=O)Cc1ccc(NC(C)=O)cc1. The van der Waals surface area contributed by atoms with Crippen molar-refractivity contribution < 1.29 is 9.59 Å². The summed E-state index contributed by atoms with van der Waals surface area (Å²) in [6, 6.07) is 7.39. The average Bonchev–Trinajstić information content (AvgIpc) is 2.51. The largest absolute Gasteiger partial charge is 0.356 e. The zero-order valence-electron chi connectivity index (χ0n) is 14.5. The van der Waals surface area contributed by atoms with E-state index < -0.39 is 0 Å². The molecular formula is C19H30N2O2. The number of hydrogen-bond acceptors (Lipinski definition) is 2. The summed E-state index contributed by atoms with van der Waals surface area (Å²) in [5, 5.41) is 5.68. The third-order valence-corrected chi connectivity index (χ3v) is 3.74. The molecule has 0 saturated heterocycles. The van der Waals surface area contributed by atoms with E-state index in [4.69, 9.17) is 0 Å². The van der Waals surface area contributed by atoms with E-state index in [1.807, 2.05) is 24.3 Å². The molecular weight excluding hydrogens is 288 g/mol. The molecule has 4 heteroatoms. The van der Waals surface area contributed by atoms with Crippen LogP contribution in [0.2, 0.25) is 0 Å². The van der Waals surface area contributed by atoms with E-state index in [1.54, 1.807) is 0 Å². The van der Waals surface area contributed by atoms with Crippen molar-refractivity contribution in [3.63, 3.8) is 0 Å². The zero-order valence-corrected chi connectivity index (χ0v) is 14.5. The molecule has 0 aliphatic heterocycles. The Morgan fingerprint density at radius 1 is 0.913 bits per heavy atom. The molecule has 23 heavy (non-hydrogen) atoms. The lowest BCUT2D eigenvalue weighted by molar-refractivity contribution is -0.120. The summed E-state index contributed by atoms with van der Waals surface area (Å²) in [5.74, 6) is -0.0338. The second-order valence-electron chi connectivity index (χ2n) is 6.03. The molecule has 0 saturated carbocycles. The van der Waals surface area contributed by atoms with Crippen LogP contribution in [0.1, 0.15) is 64.4 Å². The molecule has 0 aliphatic carbocycles. The summed E-state index contributed by atoms with van der Waals surface area (Å²) in [5.41, 5.74) is 1.71. The first-order valence-electron chi connectivity index (χ1n) is 8.75. The topological polar surface area (TPSA) is 58.2 Å². The van der Waals surface area contributed by atoms with Gasteiger partial charge in [0.1, 0.15) is 0 Å². The lowest BCUT2D eigenvalue weighted by Crippen LogP contribution is -2.26. The first kappa shape index (κ1) is 19.2. The van der Waals surface area contributed by atoms with Gasteiger partial charge in [0.2, 0.25) is 11.8 Å². The molecule has 128 valence electrons. The lowest BCUT2D eigenvalue weighted by atomic mass is 10.1. The van der Waals surface area contributed by atoms with E-state index in [0.29, 0.717) is 6.42 Å². The molecule has 1 aromatic rings. The molecule has 4 nitrogen and oxygen atoms in total. The van der Waals surface area contributed by atoms with Crippen molar-refractivity contribution in [1.29, 1.82) is 0 Å². The van der Waals surface area contributed by atoms with Gasteiger partial charge in [0.05, 0.1) is 6.42 Å². The average molecular weight is 318 g/mol. The van der Waals surface area contributed by atoms with Gasteiger partial charge in [0, 0.05) is 19.2 Å². The van der Waals surface area contributed by atoms with E-state index in [-0.39, 0.29) is 11.8 Å². The number of nitrogens with one attached hydrogen (secondary N) is 2. The van der Waals surface area contributed by atoms with Crippen molar-refractivity contribution in [1.82, 2.24) is 5.32 Å². The fourth-order valence-corrected chi connectivity index (χ4v) is 2.47. The van der Waals surface area contributed by atoms with Crippen molar-refractivity contribution in [2.75, 3.05) is 11.9 Å². The minimum absolute atomic E-state index is 0.0586. The van der Waals surface area contributed by atoms with Crippen LogP contribution < -0.4 is 10.6 Å². The van der Waals surface area contributed by atoms with Crippen molar-refractivity contribution in [3.05, 3.63) is 29.8 Å². The predicted octanol–water partition coefficient (Wildman–Crippen LogP) is 4.05. The quantitative estimate of drug-likeness (QED) is 0.605. The fourth-order valence-electron chi connectivity index (χ4n) is 2.47. The van der Waals surface area contributed by atoms with Gasteiger partial charge in [-0.1, -0.05) is 57.6 Å². The molecule has 1 aromatic carbocycles. The van der Waals surface area contributed by atoms with Crippen LogP contribution in [-0.4, -0.2) is 18.4 Å². The zero-order chi connectivity index (χ0) is 16.9. The summed E-state index contributed by atoms with van der Waals surface area (Å²) < 4.78 is 0. The van der Waals surface area contributed by atoms with E-state index in [1.165, 1.54) is 45.4 Å². The van der Waals surface area contributed by atoms with E-state index in [2.05, 4.69) is 17.6 Å². The standard InChI is InChI=1S/C19H30N2O2/c1-3-4-5-6-7-8-9-14-20-19(23)15-17-10-12-18(13-11-17)21-16(2)22/h10-13H,3-9,14-15H2,1-2H3,(H,20,23)(H,21,22). The number of carbonyl (C=O) groups is 2. The third kappa shape index (κ3) is 9.72. The molecule has 0 atom stereocenters. The molecule has 0 heterocycles. The van der Waals surface area contributed by atoms with Crippen LogP contribution >= 0.6 is 0 Å². The van der Waals surface area contributed by atoms with Crippen molar-refractivity contribution in [2.45, 2.75) is 65.2 Å². The van der Waals surface area contributed by atoms with Gasteiger partial charge in [-0.25, -0.2) is 0 Å². The van der Waals surface area contributed by atoms with Crippen LogP contribution in [0.5, 0.6) is 0 Å². The summed E-state index contributed by atoms with van der Waals surface area (Å²) in [6.07, 6.45) is 9.14. The fraction of sp³-hybridized carbons (Fsp3) is 0.579. The maximum absolute atomic E-state index is 11.9. The molecule has 2 amide bonds. The lowest BCUT2D eigenvalue weighted by Gasteiger charge is -2.07. The summed E-state index contributed by atoms with van der Waals surface area (Å²) in [4.78, 5) is 22.8. The normalized spacial score (nSPS) is 10.3. The van der Waals surface area contributed by atoms with Crippen LogP contribution in [-0.2, 0) is 16.0 Å². The van der Waals surface area contributed by atoms with Gasteiger partial charge in [-0.2, -0.15) is 0 Å². The Bertz CT molecular complexity index is 469. The number of anilines is 1. The van der Waals surface area contributed by atoms with Crippen LogP contribution in [0.4, 0.5) is 5.69 Å². The summed E-state index contributed by atoms with van der Waals surface area (Å²) >= 11 is 0. The van der Waals surface area contributed by atoms with Gasteiger partial charge in [0.25, 0.3) is 0 Å². The summed E-state index contributed by atoms with van der Waals surface area (Å²) in [7, 11) is 0. The van der Waals surface area contributed by atoms with Crippen molar-refractivity contribution in [3.8, 4) is 0 Å². The maximum Gasteiger partial charge on any atom is 0.224 e. The first-order chi connectivity index (χ1) is 11.1. The number of hydrogen-bond donors (Lipinski definition) is 2. The van der Waals surface area contributed by atoms with E-state index in [9.17, 15) is 9.59 Å². The minimum atomic E-state index is -0.0924. The molecule has 1 rings (SSSR count). The number of unbranched alkanes of at least 4 members (excludes halogenated alkanes) is 6. The predicted molar refractivity (Wildman–Crippen MR) is 95.5 cm³/mol. The van der Waals surface area contributed by atoms with Crippen LogP contribution in [0.15, 0.2) is 24.3 Å². The minimum Gasteiger partial charge on any atom is -0.356 e. The van der Waals surface area contributed by atoms with E-state index in [0.717, 1.165) is 24.2 Å². The van der Waals surface area contributed by atoms with E-state index >= 15 is 0 Å². The Kier molecular flexibility index (Phi) is 9.76. The molecule has 0 bridgehead atoms. The Balaban J connectivity index is 2.13. The monoisotopic (exact) mass is 318 g/mol. The molecule has 0 aromatic heterocycles. The highest BCUT2D eigenvalue weighted by atomic mass is 16.2. The van der Waals surface area contributed by atoms with Gasteiger partial charge >= 0.3 is 0 Å². The van der Waals surface area contributed by atoms with Gasteiger partial charge in [-0.15, -0.1) is 0 Å². The Hall–Kier alpha value is -1.84. The second kappa shape index (κ2) is 11.7. The molecule has 0 aliphatic rings. The maximum atomic E-state index is 11.9. The molecule has 0 fully saturated rings. The van der Waals surface area contributed by atoms with Gasteiger partial charge in [-0.05, 0) is 24.1 Å². The van der Waals surface area contributed by atoms with Crippen LogP contribution in [0.3, 0.4) is 0 Å². The molecule has 0 spiro atoms. The molecule has 0 radical (unpaired) electrons. The smallest absolute Gasteiger partial charge is 0.224 e. The third-order valence-electron chi connectivity index (χ3n) is 3.74. The second-order valence-corrected chi connectivity index (χ2v) is 6.03. The van der Waals surface area contributed by atoms with Gasteiger partial charge in [-0.3, -0.25) is 9.59 Å². The number of rotatable bonds is 11. The van der Waals surface area contributed by atoms with Crippen molar-refractivity contribution >= 4 is 17.5 Å². The van der Waals surface area contributed by atoms with Crippen LogP contribution in [0.25, 0.3) is 0 Å². The number of benzene rings is 1. The Morgan fingerprint density at radius 3 is 2.13 bits per heavy atom. The highest BCUT2D eigenvalue weighted by Gasteiger charge is 2.03. The molecule has 2 N–H and O–H groups in total. The number of amides is 2. The van der Waals surface area contributed by atoms with Gasteiger partial charge in [0.15, 0.2) is 0 Å². The molecule has 0 unspecified atom stereocenters. The van der Waals surface area contributed by atoms with Gasteiger partial charge < -0.3 is 10.6 Å². The number of carbonyl (C=O) groups excluding carboxylic acids is 2. The van der Waals surface area contributed by atoms with Crippen molar-refractivity contribution in [2.24, 2.45) is 0 Å². The van der Waals surface area contributed by atoms with Crippen LogP contribution in [0, 0.1) is 0 Å².